The average Bonchev–Trinajstić information content (AvgIpc) is 2.87. The SMILES string of the molecule is CC(C)(C(=O)NC1CCCC1C#N)N1CCNCC1. The van der Waals surface area contributed by atoms with Gasteiger partial charge >= 0.3 is 0 Å². The van der Waals surface area contributed by atoms with Crippen LogP contribution in [0.3, 0.4) is 0 Å². The van der Waals surface area contributed by atoms with Crippen molar-refractivity contribution in [2.75, 3.05) is 26.2 Å². The molecule has 0 radical (unpaired) electrons. The molecule has 1 aliphatic heterocycles. The lowest BCUT2D eigenvalue weighted by atomic mass is 9.98. The molecule has 0 aromatic rings. The molecule has 2 rings (SSSR count). The number of amides is 1. The van der Waals surface area contributed by atoms with E-state index in [1.807, 2.05) is 13.8 Å². The minimum Gasteiger partial charge on any atom is -0.350 e. The van der Waals surface area contributed by atoms with Gasteiger partial charge in [-0.25, -0.2) is 0 Å². The van der Waals surface area contributed by atoms with Crippen molar-refractivity contribution >= 4 is 5.91 Å². The van der Waals surface area contributed by atoms with Crippen LogP contribution in [0.5, 0.6) is 0 Å². The molecule has 1 heterocycles. The third-order valence-corrected chi connectivity index (χ3v) is 4.46. The van der Waals surface area contributed by atoms with Crippen LogP contribution >= 0.6 is 0 Å². The number of hydrogen-bond acceptors (Lipinski definition) is 4. The molecule has 1 amide bonds. The lowest BCUT2D eigenvalue weighted by molar-refractivity contribution is -0.133. The maximum absolute atomic E-state index is 12.5. The van der Waals surface area contributed by atoms with E-state index in [4.69, 9.17) is 5.26 Å². The highest BCUT2D eigenvalue weighted by Crippen LogP contribution is 2.26. The van der Waals surface area contributed by atoms with E-state index in [9.17, 15) is 4.79 Å². The third-order valence-electron chi connectivity index (χ3n) is 4.46. The van der Waals surface area contributed by atoms with Crippen LogP contribution in [-0.2, 0) is 4.79 Å². The van der Waals surface area contributed by atoms with Crippen molar-refractivity contribution in [1.29, 1.82) is 5.26 Å². The van der Waals surface area contributed by atoms with Crippen LogP contribution in [0.2, 0.25) is 0 Å². The molecule has 2 unspecified atom stereocenters. The van der Waals surface area contributed by atoms with Crippen molar-refractivity contribution in [3.63, 3.8) is 0 Å². The minimum atomic E-state index is -0.495. The van der Waals surface area contributed by atoms with Crippen LogP contribution in [0.15, 0.2) is 0 Å². The van der Waals surface area contributed by atoms with Crippen LogP contribution in [0.25, 0.3) is 0 Å². The van der Waals surface area contributed by atoms with Gasteiger partial charge in [0.05, 0.1) is 17.5 Å². The van der Waals surface area contributed by atoms with Gasteiger partial charge in [0.15, 0.2) is 0 Å². The molecule has 0 aromatic heterocycles. The molecule has 0 spiro atoms. The van der Waals surface area contributed by atoms with Gasteiger partial charge in [0, 0.05) is 32.2 Å². The molecule has 0 aromatic carbocycles. The van der Waals surface area contributed by atoms with E-state index >= 15 is 0 Å². The van der Waals surface area contributed by atoms with Gasteiger partial charge in [-0.15, -0.1) is 0 Å². The topological polar surface area (TPSA) is 68.2 Å². The van der Waals surface area contributed by atoms with E-state index < -0.39 is 5.54 Å². The van der Waals surface area contributed by atoms with Crippen molar-refractivity contribution in [3.05, 3.63) is 0 Å². The molecule has 1 saturated heterocycles. The fourth-order valence-electron chi connectivity index (χ4n) is 3.00. The Labute approximate surface area is 115 Å². The molecule has 0 bridgehead atoms. The Bertz CT molecular complexity index is 368. The summed E-state index contributed by atoms with van der Waals surface area (Å²) in [5.74, 6) is 0.0457. The molecule has 5 nitrogen and oxygen atoms in total. The van der Waals surface area contributed by atoms with Gasteiger partial charge in [-0.2, -0.15) is 5.26 Å². The Morgan fingerprint density at radius 2 is 2.05 bits per heavy atom. The van der Waals surface area contributed by atoms with Crippen molar-refractivity contribution in [2.24, 2.45) is 5.92 Å². The maximum Gasteiger partial charge on any atom is 0.240 e. The minimum absolute atomic E-state index is 0.0113. The molecule has 5 heteroatoms. The molecule has 19 heavy (non-hydrogen) atoms. The Balaban J connectivity index is 1.96. The first-order valence-electron chi connectivity index (χ1n) is 7.22. The largest absolute Gasteiger partial charge is 0.350 e. The van der Waals surface area contributed by atoms with Gasteiger partial charge in [0.25, 0.3) is 0 Å². The summed E-state index contributed by atoms with van der Waals surface area (Å²) in [5.41, 5.74) is -0.495. The Hall–Kier alpha value is -1.12. The maximum atomic E-state index is 12.5. The zero-order valence-electron chi connectivity index (χ0n) is 11.9. The molecule has 1 saturated carbocycles. The number of nitriles is 1. The summed E-state index contributed by atoms with van der Waals surface area (Å²) >= 11 is 0. The van der Waals surface area contributed by atoms with Crippen molar-refractivity contribution in [3.8, 4) is 6.07 Å². The van der Waals surface area contributed by atoms with Gasteiger partial charge in [-0.3, -0.25) is 9.69 Å². The standard InChI is InChI=1S/C14H24N4O/c1-14(2,18-8-6-16-7-9-18)13(19)17-12-5-3-4-11(12)10-15/h11-12,16H,3-9H2,1-2H3,(H,17,19). The number of nitrogens with one attached hydrogen (secondary N) is 2. The van der Waals surface area contributed by atoms with Crippen molar-refractivity contribution in [1.82, 2.24) is 15.5 Å². The van der Waals surface area contributed by atoms with Crippen molar-refractivity contribution < 1.29 is 4.79 Å². The molecule has 2 atom stereocenters. The number of carbonyl (C=O) groups excluding carboxylic acids is 1. The number of rotatable bonds is 3. The van der Waals surface area contributed by atoms with Gasteiger partial charge < -0.3 is 10.6 Å². The molecule has 2 N–H and O–H groups in total. The lowest BCUT2D eigenvalue weighted by Gasteiger charge is -2.40. The Kier molecular flexibility index (Phi) is 4.43. The highest BCUT2D eigenvalue weighted by Gasteiger charge is 2.38. The molecule has 2 fully saturated rings. The summed E-state index contributed by atoms with van der Waals surface area (Å²) in [5, 5.41) is 15.5. The average molecular weight is 264 g/mol. The fraction of sp³-hybridized carbons (Fsp3) is 0.857. The summed E-state index contributed by atoms with van der Waals surface area (Å²) in [7, 11) is 0. The second kappa shape index (κ2) is 5.89. The van der Waals surface area contributed by atoms with E-state index in [1.54, 1.807) is 0 Å². The predicted molar refractivity (Wildman–Crippen MR) is 73.4 cm³/mol. The Morgan fingerprint density at radius 3 is 2.68 bits per heavy atom. The van der Waals surface area contributed by atoms with Gasteiger partial charge in [-0.1, -0.05) is 0 Å². The molecular formula is C14H24N4O. The third kappa shape index (κ3) is 3.07. The lowest BCUT2D eigenvalue weighted by Crippen LogP contribution is -2.61. The van der Waals surface area contributed by atoms with E-state index in [0.717, 1.165) is 45.4 Å². The summed E-state index contributed by atoms with van der Waals surface area (Å²) in [6.07, 6.45) is 2.88. The van der Waals surface area contributed by atoms with E-state index in [2.05, 4.69) is 21.6 Å². The van der Waals surface area contributed by atoms with Crippen LogP contribution in [-0.4, -0.2) is 48.6 Å². The fourth-order valence-corrected chi connectivity index (χ4v) is 3.00. The highest BCUT2D eigenvalue weighted by molar-refractivity contribution is 5.85. The van der Waals surface area contributed by atoms with E-state index in [1.165, 1.54) is 0 Å². The normalized spacial score (nSPS) is 28.9. The van der Waals surface area contributed by atoms with E-state index in [0.29, 0.717) is 0 Å². The Morgan fingerprint density at radius 1 is 1.37 bits per heavy atom. The summed E-state index contributed by atoms with van der Waals surface area (Å²) in [4.78, 5) is 14.7. The quantitative estimate of drug-likeness (QED) is 0.778. The number of carbonyl (C=O) groups is 1. The van der Waals surface area contributed by atoms with Crippen LogP contribution in [0, 0.1) is 17.2 Å². The van der Waals surface area contributed by atoms with Crippen LogP contribution in [0.4, 0.5) is 0 Å². The number of nitrogens with zero attached hydrogens (tertiary/aromatic N) is 2. The zero-order chi connectivity index (χ0) is 13.9. The number of hydrogen-bond donors (Lipinski definition) is 2. The van der Waals surface area contributed by atoms with Gasteiger partial charge in [0.2, 0.25) is 5.91 Å². The number of piperazine rings is 1. The summed E-state index contributed by atoms with van der Waals surface area (Å²) < 4.78 is 0. The molecular weight excluding hydrogens is 240 g/mol. The van der Waals surface area contributed by atoms with Gasteiger partial charge in [-0.05, 0) is 33.1 Å². The molecule has 2 aliphatic rings. The van der Waals surface area contributed by atoms with E-state index in [-0.39, 0.29) is 17.9 Å². The molecule has 1 aliphatic carbocycles. The second-order valence-corrected chi connectivity index (χ2v) is 6.04. The first-order chi connectivity index (χ1) is 9.05. The zero-order valence-corrected chi connectivity index (χ0v) is 11.9. The highest BCUT2D eigenvalue weighted by atomic mass is 16.2. The predicted octanol–water partition coefficient (Wildman–Crippen LogP) is 0.479. The smallest absolute Gasteiger partial charge is 0.240 e. The first-order valence-corrected chi connectivity index (χ1v) is 7.22. The monoisotopic (exact) mass is 264 g/mol. The van der Waals surface area contributed by atoms with Gasteiger partial charge in [0.1, 0.15) is 0 Å². The summed E-state index contributed by atoms with van der Waals surface area (Å²) in [6, 6.07) is 2.35. The summed E-state index contributed by atoms with van der Waals surface area (Å²) in [6.45, 7) is 7.61. The second-order valence-electron chi connectivity index (χ2n) is 6.04. The molecule has 106 valence electrons. The first kappa shape index (κ1) is 14.3. The van der Waals surface area contributed by atoms with Crippen LogP contribution in [0.1, 0.15) is 33.1 Å². The van der Waals surface area contributed by atoms with Crippen molar-refractivity contribution in [2.45, 2.75) is 44.7 Å². The van der Waals surface area contributed by atoms with Crippen LogP contribution < -0.4 is 10.6 Å².